The normalized spacial score (nSPS) is 17.9. The first-order valence-electron chi connectivity index (χ1n) is 9.58. The predicted octanol–water partition coefficient (Wildman–Crippen LogP) is 3.58. The Morgan fingerprint density at radius 2 is 1.71 bits per heavy atom. The van der Waals surface area contributed by atoms with Crippen LogP contribution in [0.4, 0.5) is 14.5 Å². The van der Waals surface area contributed by atoms with Gasteiger partial charge in [-0.15, -0.1) is 0 Å². The van der Waals surface area contributed by atoms with E-state index in [9.17, 15) is 22.0 Å². The minimum absolute atomic E-state index is 0.00540. The van der Waals surface area contributed by atoms with Gasteiger partial charge in [0.2, 0.25) is 15.9 Å². The van der Waals surface area contributed by atoms with Gasteiger partial charge in [0.1, 0.15) is 0 Å². The molecule has 160 valence electrons. The van der Waals surface area contributed by atoms with E-state index in [0.29, 0.717) is 11.3 Å². The molecule has 0 bridgehead atoms. The third-order valence-electron chi connectivity index (χ3n) is 5.14. The number of sulfonamides is 1. The molecule has 9 heteroatoms. The van der Waals surface area contributed by atoms with Crippen molar-refractivity contribution < 1.29 is 22.0 Å². The third kappa shape index (κ3) is 4.95. The van der Waals surface area contributed by atoms with Crippen LogP contribution in [-0.2, 0) is 21.4 Å². The van der Waals surface area contributed by atoms with Gasteiger partial charge < -0.3 is 5.32 Å². The molecule has 1 aliphatic carbocycles. The smallest absolute Gasteiger partial charge is 0.240 e. The predicted molar refractivity (Wildman–Crippen MR) is 111 cm³/mol. The molecule has 3 aromatic rings. The number of anilines is 1. The van der Waals surface area contributed by atoms with Crippen LogP contribution in [0.25, 0.3) is 0 Å². The summed E-state index contributed by atoms with van der Waals surface area (Å²) in [4.78, 5) is 16.4. The lowest BCUT2D eigenvalue weighted by Crippen LogP contribution is -2.23. The van der Waals surface area contributed by atoms with Gasteiger partial charge in [-0.05, 0) is 72.0 Å². The van der Waals surface area contributed by atoms with Crippen LogP contribution in [0.3, 0.4) is 0 Å². The van der Waals surface area contributed by atoms with E-state index >= 15 is 0 Å². The number of carbonyl (C=O) groups excluding carboxylic acids is 1. The first-order valence-corrected chi connectivity index (χ1v) is 11.1. The molecule has 0 radical (unpaired) electrons. The van der Waals surface area contributed by atoms with Gasteiger partial charge in [-0.1, -0.05) is 6.07 Å². The summed E-state index contributed by atoms with van der Waals surface area (Å²) < 4.78 is 53.5. The van der Waals surface area contributed by atoms with E-state index < -0.39 is 21.7 Å². The van der Waals surface area contributed by atoms with Crippen LogP contribution >= 0.6 is 0 Å². The molecule has 1 aromatic heterocycles. The fourth-order valence-electron chi connectivity index (χ4n) is 3.33. The minimum atomic E-state index is -3.86. The van der Waals surface area contributed by atoms with E-state index in [4.69, 9.17) is 0 Å². The molecule has 1 fully saturated rings. The zero-order valence-electron chi connectivity index (χ0n) is 16.3. The molecule has 2 N–H and O–H groups in total. The van der Waals surface area contributed by atoms with E-state index in [1.807, 2.05) is 12.1 Å². The number of nitrogens with one attached hydrogen (secondary N) is 2. The SMILES string of the molecule is O=C(Nc1ccc(S(=O)(=O)NCc2ccc(F)c(F)c2)cc1)C1CC1c1ccncc1. The molecular formula is C22H19F2N3O3S. The molecule has 1 heterocycles. The topological polar surface area (TPSA) is 88.2 Å². The molecule has 4 rings (SSSR count). The Morgan fingerprint density at radius 1 is 1.00 bits per heavy atom. The minimum Gasteiger partial charge on any atom is -0.326 e. The number of rotatable bonds is 7. The second kappa shape index (κ2) is 8.52. The number of aromatic nitrogens is 1. The lowest BCUT2D eigenvalue weighted by atomic mass is 10.1. The molecule has 0 aliphatic heterocycles. The number of halogens is 2. The van der Waals surface area contributed by atoms with Gasteiger partial charge >= 0.3 is 0 Å². The van der Waals surface area contributed by atoms with Crippen LogP contribution in [0.1, 0.15) is 23.5 Å². The van der Waals surface area contributed by atoms with Crippen molar-refractivity contribution in [1.29, 1.82) is 0 Å². The molecule has 1 amide bonds. The maximum atomic E-state index is 13.3. The Morgan fingerprint density at radius 3 is 2.39 bits per heavy atom. The molecule has 31 heavy (non-hydrogen) atoms. The van der Waals surface area contributed by atoms with Gasteiger partial charge in [0.25, 0.3) is 0 Å². The van der Waals surface area contributed by atoms with Gasteiger partial charge in [0, 0.05) is 30.5 Å². The van der Waals surface area contributed by atoms with Crippen LogP contribution in [0.15, 0.2) is 71.9 Å². The van der Waals surface area contributed by atoms with E-state index in [1.165, 1.54) is 30.3 Å². The van der Waals surface area contributed by atoms with Crippen LogP contribution in [0, 0.1) is 17.6 Å². The number of benzene rings is 2. The summed E-state index contributed by atoms with van der Waals surface area (Å²) in [5, 5.41) is 2.80. The maximum absolute atomic E-state index is 13.3. The summed E-state index contributed by atoms with van der Waals surface area (Å²) in [5.41, 5.74) is 1.85. The first kappa shape index (κ1) is 21.1. The Balaban J connectivity index is 1.35. The summed E-state index contributed by atoms with van der Waals surface area (Å²) >= 11 is 0. The van der Waals surface area contributed by atoms with Crippen molar-refractivity contribution in [2.24, 2.45) is 5.92 Å². The molecule has 2 unspecified atom stereocenters. The van der Waals surface area contributed by atoms with Gasteiger partial charge in [0.05, 0.1) is 4.90 Å². The van der Waals surface area contributed by atoms with Gasteiger partial charge in [-0.3, -0.25) is 9.78 Å². The molecule has 6 nitrogen and oxygen atoms in total. The fraction of sp³-hybridized carbons (Fsp3) is 0.182. The van der Waals surface area contributed by atoms with Crippen LogP contribution in [0.5, 0.6) is 0 Å². The average Bonchev–Trinajstić information content (AvgIpc) is 3.57. The Labute approximate surface area is 178 Å². The zero-order chi connectivity index (χ0) is 22.0. The number of pyridine rings is 1. The number of amides is 1. The van der Waals surface area contributed by atoms with E-state index in [2.05, 4.69) is 15.0 Å². The van der Waals surface area contributed by atoms with E-state index in [1.54, 1.807) is 12.4 Å². The monoisotopic (exact) mass is 443 g/mol. The van der Waals surface area contributed by atoms with Crippen molar-refractivity contribution in [1.82, 2.24) is 9.71 Å². The summed E-state index contributed by atoms with van der Waals surface area (Å²) in [6.07, 6.45) is 4.15. The average molecular weight is 443 g/mol. The van der Waals surface area contributed by atoms with Gasteiger partial charge in [-0.2, -0.15) is 0 Å². The largest absolute Gasteiger partial charge is 0.326 e. The highest BCUT2D eigenvalue weighted by Gasteiger charge is 2.43. The van der Waals surface area contributed by atoms with Crippen molar-refractivity contribution in [2.45, 2.75) is 23.8 Å². The highest BCUT2D eigenvalue weighted by atomic mass is 32.2. The Hall–Kier alpha value is -3.17. The fourth-order valence-corrected chi connectivity index (χ4v) is 4.35. The second-order valence-corrected chi connectivity index (χ2v) is 9.08. The standard InChI is InChI=1S/C22H19F2N3O3S/c23-20-6-1-14(11-21(20)24)13-26-31(29,30)17-4-2-16(3-5-17)27-22(28)19-12-18(19)15-7-9-25-10-8-15/h1-11,18-19,26H,12-13H2,(H,27,28). The molecule has 2 aromatic carbocycles. The van der Waals surface area contributed by atoms with Crippen LogP contribution in [0.2, 0.25) is 0 Å². The highest BCUT2D eigenvalue weighted by molar-refractivity contribution is 7.89. The first-order chi connectivity index (χ1) is 14.8. The Kier molecular flexibility index (Phi) is 5.79. The van der Waals surface area contributed by atoms with Crippen molar-refractivity contribution in [3.05, 3.63) is 89.8 Å². The second-order valence-electron chi connectivity index (χ2n) is 7.32. The molecule has 2 atom stereocenters. The lowest BCUT2D eigenvalue weighted by molar-refractivity contribution is -0.117. The van der Waals surface area contributed by atoms with Crippen LogP contribution in [-0.4, -0.2) is 19.3 Å². The van der Waals surface area contributed by atoms with Crippen molar-refractivity contribution in [2.75, 3.05) is 5.32 Å². The number of hydrogen-bond donors (Lipinski definition) is 2. The molecule has 0 saturated heterocycles. The van der Waals surface area contributed by atoms with Crippen LogP contribution < -0.4 is 10.0 Å². The summed E-state index contributed by atoms with van der Waals surface area (Å²) in [7, 11) is -3.86. The molecular weight excluding hydrogens is 424 g/mol. The van der Waals surface area contributed by atoms with Crippen molar-refractivity contribution >= 4 is 21.6 Å². The van der Waals surface area contributed by atoms with E-state index in [0.717, 1.165) is 24.1 Å². The quantitative estimate of drug-likeness (QED) is 0.584. The zero-order valence-corrected chi connectivity index (χ0v) is 17.1. The van der Waals surface area contributed by atoms with E-state index in [-0.39, 0.29) is 29.2 Å². The van der Waals surface area contributed by atoms with Crippen molar-refractivity contribution in [3.63, 3.8) is 0 Å². The lowest BCUT2D eigenvalue weighted by Gasteiger charge is -2.09. The maximum Gasteiger partial charge on any atom is 0.240 e. The highest BCUT2D eigenvalue weighted by Crippen LogP contribution is 2.47. The summed E-state index contributed by atoms with van der Waals surface area (Å²) in [6, 6.07) is 12.7. The molecule has 1 aliphatic rings. The molecule has 1 saturated carbocycles. The number of nitrogens with zero attached hydrogens (tertiary/aromatic N) is 1. The third-order valence-corrected chi connectivity index (χ3v) is 6.56. The van der Waals surface area contributed by atoms with Gasteiger partial charge in [-0.25, -0.2) is 21.9 Å². The molecule has 0 spiro atoms. The summed E-state index contributed by atoms with van der Waals surface area (Å²) in [6.45, 7) is -0.184. The van der Waals surface area contributed by atoms with Crippen molar-refractivity contribution in [3.8, 4) is 0 Å². The Bertz CT molecular complexity index is 1200. The summed E-state index contributed by atoms with van der Waals surface area (Å²) in [5.74, 6) is -2.11. The number of carbonyl (C=O) groups is 1. The number of hydrogen-bond acceptors (Lipinski definition) is 4. The van der Waals surface area contributed by atoms with Gasteiger partial charge in [0.15, 0.2) is 11.6 Å².